The van der Waals surface area contributed by atoms with Crippen LogP contribution < -0.4 is 0 Å². The summed E-state index contributed by atoms with van der Waals surface area (Å²) in [6.07, 6.45) is 3.16. The Morgan fingerprint density at radius 2 is 2.00 bits per heavy atom. The number of nitrogens with zero attached hydrogens (tertiary/aromatic N) is 2. The SMILES string of the molecule is CCOC(=O)CN1C(=O)S/C(=C/c2cccn2-c2ccccc2F)C1=O. The first kappa shape index (κ1) is 17.9. The summed E-state index contributed by atoms with van der Waals surface area (Å²) in [7, 11) is 0. The fourth-order valence-corrected chi connectivity index (χ4v) is 3.31. The first-order valence-corrected chi connectivity index (χ1v) is 8.66. The topological polar surface area (TPSA) is 68.6 Å². The Bertz CT molecular complexity index is 906. The Kier molecular flexibility index (Phi) is 5.22. The number of amides is 2. The van der Waals surface area contributed by atoms with Gasteiger partial charge in [0.1, 0.15) is 12.4 Å². The zero-order valence-electron chi connectivity index (χ0n) is 13.8. The maximum absolute atomic E-state index is 14.0. The standard InChI is InChI=1S/C18H15FN2O4S/c1-2-25-16(22)11-21-17(23)15(26-18(21)24)10-12-6-5-9-20(12)14-8-4-3-7-13(14)19/h3-10H,2,11H2,1H3/b15-10+. The van der Waals surface area contributed by atoms with Crippen molar-refractivity contribution >= 4 is 35.0 Å². The number of halogens is 1. The molecule has 1 aliphatic rings. The lowest BCUT2D eigenvalue weighted by molar-refractivity contribution is -0.145. The predicted octanol–water partition coefficient (Wildman–Crippen LogP) is 3.22. The summed E-state index contributed by atoms with van der Waals surface area (Å²) in [5.41, 5.74) is 0.867. The molecular formula is C18H15FN2O4S. The van der Waals surface area contributed by atoms with E-state index in [2.05, 4.69) is 0 Å². The van der Waals surface area contributed by atoms with Gasteiger partial charge in [-0.25, -0.2) is 4.39 Å². The van der Waals surface area contributed by atoms with Crippen molar-refractivity contribution in [3.05, 3.63) is 59.0 Å². The van der Waals surface area contributed by atoms with Gasteiger partial charge in [0.25, 0.3) is 11.1 Å². The van der Waals surface area contributed by atoms with Gasteiger partial charge in [0.2, 0.25) is 0 Å². The lowest BCUT2D eigenvalue weighted by Crippen LogP contribution is -2.34. The van der Waals surface area contributed by atoms with Gasteiger partial charge in [0, 0.05) is 11.9 Å². The van der Waals surface area contributed by atoms with Crippen LogP contribution in [0.15, 0.2) is 47.5 Å². The molecule has 0 saturated carbocycles. The van der Waals surface area contributed by atoms with Crippen LogP contribution in [0.3, 0.4) is 0 Å². The smallest absolute Gasteiger partial charge is 0.326 e. The van der Waals surface area contributed by atoms with Crippen molar-refractivity contribution in [3.8, 4) is 5.69 Å². The van der Waals surface area contributed by atoms with E-state index >= 15 is 0 Å². The van der Waals surface area contributed by atoms with Crippen LogP contribution in [0.5, 0.6) is 0 Å². The van der Waals surface area contributed by atoms with E-state index in [0.29, 0.717) is 11.4 Å². The average Bonchev–Trinajstić information content (AvgIpc) is 3.16. The Balaban J connectivity index is 1.87. The number of imide groups is 1. The molecule has 0 aliphatic carbocycles. The second-order valence-corrected chi connectivity index (χ2v) is 6.32. The fraction of sp³-hybridized carbons (Fsp3) is 0.167. The number of hydrogen-bond donors (Lipinski definition) is 0. The molecule has 1 aliphatic heterocycles. The van der Waals surface area contributed by atoms with Crippen molar-refractivity contribution in [2.45, 2.75) is 6.92 Å². The summed E-state index contributed by atoms with van der Waals surface area (Å²) >= 11 is 0.732. The van der Waals surface area contributed by atoms with E-state index < -0.39 is 29.5 Å². The molecule has 6 nitrogen and oxygen atoms in total. The van der Waals surface area contributed by atoms with Crippen LogP contribution >= 0.6 is 11.8 Å². The molecule has 0 bridgehead atoms. The van der Waals surface area contributed by atoms with E-state index in [1.54, 1.807) is 48.0 Å². The summed E-state index contributed by atoms with van der Waals surface area (Å²) in [5, 5.41) is -0.543. The van der Waals surface area contributed by atoms with Crippen LogP contribution in [0.1, 0.15) is 12.6 Å². The Labute approximate surface area is 153 Å². The quantitative estimate of drug-likeness (QED) is 0.594. The van der Waals surface area contributed by atoms with E-state index in [1.165, 1.54) is 12.1 Å². The molecule has 1 aromatic heterocycles. The Morgan fingerprint density at radius 1 is 1.23 bits per heavy atom. The number of aromatic nitrogens is 1. The number of esters is 1. The van der Waals surface area contributed by atoms with Crippen LogP contribution in [0.25, 0.3) is 11.8 Å². The van der Waals surface area contributed by atoms with Gasteiger partial charge in [-0.2, -0.15) is 0 Å². The number of hydrogen-bond acceptors (Lipinski definition) is 5. The molecule has 26 heavy (non-hydrogen) atoms. The van der Waals surface area contributed by atoms with Crippen molar-refractivity contribution < 1.29 is 23.5 Å². The van der Waals surface area contributed by atoms with Gasteiger partial charge in [-0.05, 0) is 49.0 Å². The Morgan fingerprint density at radius 3 is 2.73 bits per heavy atom. The number of thioether (sulfide) groups is 1. The van der Waals surface area contributed by atoms with Crippen LogP contribution in [-0.4, -0.2) is 39.7 Å². The number of rotatable bonds is 5. The highest BCUT2D eigenvalue weighted by atomic mass is 32.2. The molecular weight excluding hydrogens is 359 g/mol. The van der Waals surface area contributed by atoms with E-state index in [9.17, 15) is 18.8 Å². The minimum Gasteiger partial charge on any atom is -0.465 e. The monoisotopic (exact) mass is 374 g/mol. The summed E-state index contributed by atoms with van der Waals surface area (Å²) in [5.74, 6) is -1.63. The lowest BCUT2D eigenvalue weighted by atomic mass is 10.3. The molecule has 2 aromatic rings. The van der Waals surface area contributed by atoms with Gasteiger partial charge in [-0.15, -0.1) is 0 Å². The average molecular weight is 374 g/mol. The third kappa shape index (κ3) is 3.55. The van der Waals surface area contributed by atoms with Crippen LogP contribution in [-0.2, 0) is 14.3 Å². The molecule has 0 unspecified atom stereocenters. The molecule has 2 amide bonds. The number of carbonyl (C=O) groups is 3. The summed E-state index contributed by atoms with van der Waals surface area (Å²) in [6, 6.07) is 9.65. The highest BCUT2D eigenvalue weighted by Crippen LogP contribution is 2.32. The van der Waals surface area contributed by atoms with Gasteiger partial charge < -0.3 is 9.30 Å². The van der Waals surface area contributed by atoms with E-state index in [1.807, 2.05) is 0 Å². The number of carbonyl (C=O) groups excluding carboxylic acids is 3. The minimum atomic E-state index is -0.647. The van der Waals surface area contributed by atoms with E-state index in [4.69, 9.17) is 4.74 Å². The maximum Gasteiger partial charge on any atom is 0.326 e. The number of para-hydroxylation sites is 1. The second kappa shape index (κ2) is 7.57. The van der Waals surface area contributed by atoms with Gasteiger partial charge in [0.15, 0.2) is 0 Å². The number of ether oxygens (including phenoxy) is 1. The number of benzene rings is 1. The highest BCUT2D eigenvalue weighted by Gasteiger charge is 2.36. The third-order valence-corrected chi connectivity index (χ3v) is 4.54. The molecule has 0 spiro atoms. The molecule has 0 N–H and O–H groups in total. The van der Waals surface area contributed by atoms with Crippen molar-refractivity contribution in [1.29, 1.82) is 0 Å². The lowest BCUT2D eigenvalue weighted by Gasteiger charge is -2.11. The first-order chi connectivity index (χ1) is 12.5. The Hall–Kier alpha value is -2.87. The molecule has 1 saturated heterocycles. The largest absolute Gasteiger partial charge is 0.465 e. The molecule has 3 rings (SSSR count). The van der Waals surface area contributed by atoms with Crippen LogP contribution in [0.2, 0.25) is 0 Å². The van der Waals surface area contributed by atoms with Gasteiger partial charge in [-0.3, -0.25) is 19.3 Å². The summed E-state index contributed by atoms with van der Waals surface area (Å²) in [6.45, 7) is 1.38. The molecule has 1 aromatic carbocycles. The van der Waals surface area contributed by atoms with Crippen molar-refractivity contribution in [2.75, 3.05) is 13.2 Å². The van der Waals surface area contributed by atoms with Crippen LogP contribution in [0.4, 0.5) is 9.18 Å². The summed E-state index contributed by atoms with van der Waals surface area (Å²) < 4.78 is 20.4. The van der Waals surface area contributed by atoms with Crippen molar-refractivity contribution in [1.82, 2.24) is 9.47 Å². The van der Waals surface area contributed by atoms with Gasteiger partial charge in [0.05, 0.1) is 17.2 Å². The molecule has 0 radical (unpaired) electrons. The second-order valence-electron chi connectivity index (χ2n) is 5.33. The van der Waals surface area contributed by atoms with Gasteiger partial charge in [-0.1, -0.05) is 12.1 Å². The summed E-state index contributed by atoms with van der Waals surface area (Å²) in [4.78, 5) is 37.0. The molecule has 8 heteroatoms. The van der Waals surface area contributed by atoms with Crippen LogP contribution in [0, 0.1) is 5.82 Å². The van der Waals surface area contributed by atoms with Crippen molar-refractivity contribution in [3.63, 3.8) is 0 Å². The molecule has 2 heterocycles. The molecule has 0 atom stereocenters. The normalized spacial score (nSPS) is 15.8. The fourth-order valence-electron chi connectivity index (χ4n) is 2.48. The highest BCUT2D eigenvalue weighted by molar-refractivity contribution is 8.18. The molecule has 1 fully saturated rings. The van der Waals surface area contributed by atoms with E-state index in [0.717, 1.165) is 16.7 Å². The molecule has 134 valence electrons. The predicted molar refractivity (Wildman–Crippen MR) is 95.0 cm³/mol. The first-order valence-electron chi connectivity index (χ1n) is 7.84. The zero-order chi connectivity index (χ0) is 18.7. The van der Waals surface area contributed by atoms with E-state index in [-0.39, 0.29) is 11.5 Å². The maximum atomic E-state index is 14.0. The van der Waals surface area contributed by atoms with Gasteiger partial charge >= 0.3 is 5.97 Å². The zero-order valence-corrected chi connectivity index (χ0v) is 14.7. The minimum absolute atomic E-state index is 0.163. The van der Waals surface area contributed by atoms with Crippen molar-refractivity contribution in [2.24, 2.45) is 0 Å². The third-order valence-electron chi connectivity index (χ3n) is 3.64.